The highest BCUT2D eigenvalue weighted by molar-refractivity contribution is 6.07. The van der Waals surface area contributed by atoms with E-state index in [1.807, 2.05) is 30.3 Å². The number of ether oxygens (including phenoxy) is 2. The highest BCUT2D eigenvalue weighted by Gasteiger charge is 2.42. The summed E-state index contributed by atoms with van der Waals surface area (Å²) in [5, 5.41) is 13.1. The minimum atomic E-state index is -1.15. The van der Waals surface area contributed by atoms with Crippen molar-refractivity contribution in [2.24, 2.45) is 0 Å². The lowest BCUT2D eigenvalue weighted by Gasteiger charge is -2.26. The molecule has 1 saturated heterocycles. The van der Waals surface area contributed by atoms with E-state index in [4.69, 9.17) is 13.9 Å². The number of nitrogens with zero attached hydrogens (tertiary/aromatic N) is 1. The van der Waals surface area contributed by atoms with Gasteiger partial charge in [0.05, 0.1) is 5.56 Å². The molecule has 2 amide bonds. The van der Waals surface area contributed by atoms with Gasteiger partial charge in [0.25, 0.3) is 5.91 Å². The van der Waals surface area contributed by atoms with Crippen molar-refractivity contribution in [3.05, 3.63) is 65.4 Å². The lowest BCUT2D eigenvalue weighted by Crippen LogP contribution is -2.44. The third-order valence-electron chi connectivity index (χ3n) is 5.86. The second kappa shape index (κ2) is 9.93. The summed E-state index contributed by atoms with van der Waals surface area (Å²) in [5.74, 6) is -0.544. The second-order valence-corrected chi connectivity index (χ2v) is 9.86. The lowest BCUT2D eigenvalue weighted by atomic mass is 10.1. The van der Waals surface area contributed by atoms with Crippen molar-refractivity contribution in [3.63, 3.8) is 0 Å². The average Bonchev–Trinajstić information content (AvgIpc) is 3.37. The van der Waals surface area contributed by atoms with Crippen molar-refractivity contribution in [1.29, 1.82) is 0 Å². The third kappa shape index (κ3) is 5.62. The van der Waals surface area contributed by atoms with E-state index in [9.17, 15) is 19.5 Å². The summed E-state index contributed by atoms with van der Waals surface area (Å²) in [4.78, 5) is 38.8. The van der Waals surface area contributed by atoms with Gasteiger partial charge in [-0.05, 0) is 51.5 Å². The summed E-state index contributed by atoms with van der Waals surface area (Å²) in [5.41, 5.74) is 1.13. The van der Waals surface area contributed by atoms with Crippen LogP contribution in [0.1, 0.15) is 48.9 Å². The number of aliphatic carboxylic acids is 1. The maximum atomic E-state index is 13.3. The zero-order valence-corrected chi connectivity index (χ0v) is 20.7. The van der Waals surface area contributed by atoms with Crippen LogP contribution in [0.25, 0.3) is 11.0 Å². The standard InChI is InChI=1S/C27H30N2O7/c1-16-23(20-13-19(10-11-22(20)35-16)34-15-17-8-6-5-7-9-17)24(30)28-18-12-21(25(31)32)29(14-18)26(33)36-27(2,3)4/h5-11,13,18,21H,12,14-15H2,1-4H3,(H,28,30)(H,31,32)/t18-,21+/m1/s1. The van der Waals surface area contributed by atoms with Crippen molar-refractivity contribution in [2.75, 3.05) is 6.54 Å². The van der Waals surface area contributed by atoms with E-state index >= 15 is 0 Å². The molecule has 190 valence electrons. The molecule has 9 heteroatoms. The molecule has 1 aliphatic rings. The smallest absolute Gasteiger partial charge is 0.411 e. The molecule has 0 aliphatic carbocycles. The van der Waals surface area contributed by atoms with Gasteiger partial charge in [0.15, 0.2) is 0 Å². The molecule has 2 N–H and O–H groups in total. The maximum Gasteiger partial charge on any atom is 0.411 e. The van der Waals surface area contributed by atoms with Crippen molar-refractivity contribution in [1.82, 2.24) is 10.2 Å². The fourth-order valence-corrected chi connectivity index (χ4v) is 4.27. The van der Waals surface area contributed by atoms with Gasteiger partial charge >= 0.3 is 12.1 Å². The first kappa shape index (κ1) is 25.1. The predicted molar refractivity (Wildman–Crippen MR) is 132 cm³/mol. The molecule has 0 saturated carbocycles. The molecule has 4 rings (SSSR count). The van der Waals surface area contributed by atoms with E-state index in [1.165, 1.54) is 0 Å². The van der Waals surface area contributed by atoms with Gasteiger partial charge in [-0.2, -0.15) is 0 Å². The minimum Gasteiger partial charge on any atom is -0.489 e. The Balaban J connectivity index is 1.50. The Morgan fingerprint density at radius 3 is 2.53 bits per heavy atom. The lowest BCUT2D eigenvalue weighted by molar-refractivity contribution is -0.142. The van der Waals surface area contributed by atoms with Crippen molar-refractivity contribution < 1.29 is 33.4 Å². The maximum absolute atomic E-state index is 13.3. The topological polar surface area (TPSA) is 118 Å². The Hall–Kier alpha value is -4.01. The summed E-state index contributed by atoms with van der Waals surface area (Å²) < 4.78 is 17.0. The van der Waals surface area contributed by atoms with Crippen LogP contribution in [-0.4, -0.2) is 52.2 Å². The van der Waals surface area contributed by atoms with Crippen molar-refractivity contribution >= 4 is 28.9 Å². The molecule has 0 spiro atoms. The van der Waals surface area contributed by atoms with Crippen molar-refractivity contribution in [2.45, 2.75) is 58.4 Å². The number of carbonyl (C=O) groups excluding carboxylic acids is 2. The van der Waals surface area contributed by atoms with Crippen LogP contribution in [0.2, 0.25) is 0 Å². The zero-order valence-electron chi connectivity index (χ0n) is 20.7. The predicted octanol–water partition coefficient (Wildman–Crippen LogP) is 4.51. The summed E-state index contributed by atoms with van der Waals surface area (Å²) in [6, 6.07) is 13.4. The molecular formula is C27H30N2O7. The zero-order chi connectivity index (χ0) is 26.0. The van der Waals surface area contributed by atoms with Crippen LogP contribution >= 0.6 is 0 Å². The van der Waals surface area contributed by atoms with Crippen LogP contribution in [0.4, 0.5) is 4.79 Å². The number of rotatable bonds is 6. The van der Waals surface area contributed by atoms with Gasteiger partial charge in [-0.15, -0.1) is 0 Å². The van der Waals surface area contributed by atoms with Crippen LogP contribution in [-0.2, 0) is 16.1 Å². The van der Waals surface area contributed by atoms with Gasteiger partial charge < -0.3 is 24.3 Å². The molecule has 36 heavy (non-hydrogen) atoms. The molecule has 0 unspecified atom stereocenters. The molecule has 0 radical (unpaired) electrons. The molecule has 9 nitrogen and oxygen atoms in total. The van der Waals surface area contributed by atoms with Crippen LogP contribution in [0.5, 0.6) is 5.75 Å². The van der Waals surface area contributed by atoms with E-state index in [-0.39, 0.29) is 13.0 Å². The number of carbonyl (C=O) groups is 3. The Kier molecular flexibility index (Phi) is 6.92. The van der Waals surface area contributed by atoms with Crippen LogP contribution < -0.4 is 10.1 Å². The van der Waals surface area contributed by atoms with Gasteiger partial charge in [-0.1, -0.05) is 30.3 Å². The molecule has 2 atom stereocenters. The first-order chi connectivity index (χ1) is 17.0. The van der Waals surface area contributed by atoms with E-state index in [0.29, 0.717) is 34.6 Å². The fourth-order valence-electron chi connectivity index (χ4n) is 4.27. The molecule has 1 aromatic heterocycles. The number of nitrogens with one attached hydrogen (secondary N) is 1. The van der Waals surface area contributed by atoms with E-state index in [2.05, 4.69) is 5.32 Å². The quantitative estimate of drug-likeness (QED) is 0.517. The minimum absolute atomic E-state index is 0.0257. The second-order valence-electron chi connectivity index (χ2n) is 9.86. The Bertz CT molecular complexity index is 1280. The summed E-state index contributed by atoms with van der Waals surface area (Å²) in [7, 11) is 0. The molecule has 3 aromatic rings. The van der Waals surface area contributed by atoms with Gasteiger partial charge in [0.1, 0.15) is 35.3 Å². The van der Waals surface area contributed by atoms with Gasteiger partial charge in [-0.25, -0.2) is 9.59 Å². The molecular weight excluding hydrogens is 464 g/mol. The van der Waals surface area contributed by atoms with Gasteiger partial charge in [0, 0.05) is 24.4 Å². The van der Waals surface area contributed by atoms with E-state index in [1.54, 1.807) is 45.9 Å². The number of benzene rings is 2. The summed E-state index contributed by atoms with van der Waals surface area (Å²) in [6.45, 7) is 7.23. The summed E-state index contributed by atoms with van der Waals surface area (Å²) in [6.07, 6.45) is -0.655. The molecule has 2 aromatic carbocycles. The largest absolute Gasteiger partial charge is 0.489 e. The third-order valence-corrected chi connectivity index (χ3v) is 5.86. The number of aryl methyl sites for hydroxylation is 1. The van der Waals surface area contributed by atoms with Crippen LogP contribution in [0.3, 0.4) is 0 Å². The Labute approximate surface area is 209 Å². The number of hydrogen-bond donors (Lipinski definition) is 2. The Morgan fingerprint density at radius 1 is 1.14 bits per heavy atom. The monoisotopic (exact) mass is 494 g/mol. The highest BCUT2D eigenvalue weighted by atomic mass is 16.6. The fraction of sp³-hybridized carbons (Fsp3) is 0.370. The molecule has 0 bridgehead atoms. The number of likely N-dealkylation sites (tertiary alicyclic amines) is 1. The first-order valence-electron chi connectivity index (χ1n) is 11.7. The van der Waals surface area contributed by atoms with Gasteiger partial charge in [0.2, 0.25) is 0 Å². The van der Waals surface area contributed by atoms with Crippen LogP contribution in [0.15, 0.2) is 52.9 Å². The highest BCUT2D eigenvalue weighted by Crippen LogP contribution is 2.30. The molecule has 1 fully saturated rings. The SMILES string of the molecule is Cc1oc2ccc(OCc3ccccc3)cc2c1C(=O)N[C@@H]1C[C@@H](C(=O)O)N(C(=O)OC(C)(C)C)C1. The Morgan fingerprint density at radius 2 is 1.86 bits per heavy atom. The number of fused-ring (bicyclic) bond motifs is 1. The number of amides is 2. The van der Waals surface area contributed by atoms with E-state index < -0.39 is 35.7 Å². The summed E-state index contributed by atoms with van der Waals surface area (Å²) >= 11 is 0. The number of carboxylic acids is 1. The van der Waals surface area contributed by atoms with Gasteiger partial charge in [-0.3, -0.25) is 9.69 Å². The number of furan rings is 1. The number of carboxylic acid groups (broad SMARTS) is 1. The average molecular weight is 495 g/mol. The van der Waals surface area contributed by atoms with Crippen molar-refractivity contribution in [3.8, 4) is 5.75 Å². The number of hydrogen-bond acceptors (Lipinski definition) is 6. The first-order valence-corrected chi connectivity index (χ1v) is 11.7. The van der Waals surface area contributed by atoms with Crippen LogP contribution in [0, 0.1) is 6.92 Å². The van der Waals surface area contributed by atoms with E-state index in [0.717, 1.165) is 10.5 Å². The molecule has 2 heterocycles. The molecule has 1 aliphatic heterocycles. The normalized spacial score (nSPS) is 17.7.